The van der Waals surface area contributed by atoms with E-state index in [9.17, 15) is 9.90 Å². The zero-order valence-electron chi connectivity index (χ0n) is 24.7. The van der Waals surface area contributed by atoms with Crippen LogP contribution in [0.2, 0.25) is 0 Å². The second-order valence-electron chi connectivity index (χ2n) is 11.4. The van der Waals surface area contributed by atoms with Crippen molar-refractivity contribution >= 4 is 5.91 Å². The topological polar surface area (TPSA) is 237 Å². The maximum absolute atomic E-state index is 12.1. The zero-order chi connectivity index (χ0) is 30.2. The molecule has 240 valence electrons. The van der Waals surface area contributed by atoms with Crippen molar-refractivity contribution in [1.82, 2.24) is 5.32 Å². The van der Waals surface area contributed by atoms with Gasteiger partial charge in [0.25, 0.3) is 0 Å². The number of aliphatic hydroxyl groups excluding tert-OH is 2. The van der Waals surface area contributed by atoms with E-state index in [2.05, 4.69) is 11.4 Å². The Morgan fingerprint density at radius 3 is 2.41 bits per heavy atom. The first-order chi connectivity index (χ1) is 19.7. The van der Waals surface area contributed by atoms with Crippen LogP contribution < -0.4 is 34.0 Å². The second kappa shape index (κ2) is 19.9. The van der Waals surface area contributed by atoms with Crippen LogP contribution in [0.1, 0.15) is 58.3 Å². The van der Waals surface area contributed by atoms with Crippen LogP contribution in [0.3, 0.4) is 0 Å². The number of carbonyl (C=O) groups is 1. The van der Waals surface area contributed by atoms with Gasteiger partial charge in [0.2, 0.25) is 5.91 Å². The summed E-state index contributed by atoms with van der Waals surface area (Å²) in [5, 5.41) is 21.4. The molecule has 4 aliphatic rings. The molecule has 0 aromatic heterocycles. The molecule has 0 bridgehead atoms. The quantitative estimate of drug-likeness (QED) is 0.145. The zero-order valence-corrected chi connectivity index (χ0v) is 24.7. The lowest BCUT2D eigenvalue weighted by Gasteiger charge is -2.35. The van der Waals surface area contributed by atoms with Gasteiger partial charge in [0.15, 0.2) is 6.29 Å². The van der Waals surface area contributed by atoms with Gasteiger partial charge in [0.1, 0.15) is 0 Å². The first kappa shape index (κ1) is 36.0. The van der Waals surface area contributed by atoms with E-state index in [0.29, 0.717) is 39.1 Å². The highest BCUT2D eigenvalue weighted by molar-refractivity contribution is 5.78. The Morgan fingerprint density at radius 2 is 1.85 bits per heavy atom. The van der Waals surface area contributed by atoms with Crippen molar-refractivity contribution in [2.24, 2.45) is 34.6 Å². The Balaban J connectivity index is 0.000000266. The molecule has 2 saturated heterocycles. The number of rotatable bonds is 9. The Labute approximate surface area is 244 Å². The Morgan fingerprint density at radius 1 is 1.07 bits per heavy atom. The van der Waals surface area contributed by atoms with Crippen LogP contribution in [0, 0.1) is 5.92 Å². The van der Waals surface area contributed by atoms with Crippen molar-refractivity contribution in [1.29, 1.82) is 0 Å². The van der Waals surface area contributed by atoms with Crippen molar-refractivity contribution in [3.05, 3.63) is 12.2 Å². The monoisotopic (exact) mass is 588 g/mol. The first-order valence-electron chi connectivity index (χ1n) is 15.1. The summed E-state index contributed by atoms with van der Waals surface area (Å²) in [6.45, 7) is 4.75. The van der Waals surface area contributed by atoms with Gasteiger partial charge >= 0.3 is 0 Å². The molecule has 1 aliphatic carbocycles. The molecule has 13 nitrogen and oxygen atoms in total. The summed E-state index contributed by atoms with van der Waals surface area (Å²) in [5.74, 6) is -0.0493. The van der Waals surface area contributed by atoms with Crippen LogP contribution in [-0.2, 0) is 23.7 Å². The standard InChI is InChI=1S/C16H31N3O4.C6H14N2O2.C6H11NO/c1-10(4-5-17)16(21)19-12-6-11(18)7-14(8-12)23-15-3-2-13(9-20)22-15;7-2-4-1-6(9)5(8)3-10-4;7-5-6-3-1-2-4-8-6/h10-15,20H,2-9,17-18H2,1H3,(H,19,21);4-6,9H,1-3,7-8H2;1,3,6H,2,4-5,7H2/t;4-,5+,6?;/m.1./s1. The molecular weight excluding hydrogens is 532 g/mol. The molecular formula is C28H56N6O7. The Kier molecular flexibility index (Phi) is 17.4. The molecule has 4 rings (SSSR count). The van der Waals surface area contributed by atoms with Crippen LogP contribution in [0.5, 0.6) is 0 Å². The molecule has 13 N–H and O–H groups in total. The molecule has 0 aromatic rings. The van der Waals surface area contributed by atoms with E-state index in [1.807, 2.05) is 13.0 Å². The largest absolute Gasteiger partial charge is 0.394 e. The fourth-order valence-electron chi connectivity index (χ4n) is 5.16. The SMILES string of the molecule is CC(CCN)C(=O)NC1CC(N)CC(OC2CCC(CO)O2)C1.NCC1C=CCCO1.NC[C@H]1CC(O)[C@@H](N)CO1. The van der Waals surface area contributed by atoms with Crippen LogP contribution in [0.25, 0.3) is 0 Å². The van der Waals surface area contributed by atoms with E-state index in [0.717, 1.165) is 45.1 Å². The summed E-state index contributed by atoms with van der Waals surface area (Å²) in [6, 6.07) is -0.187. The van der Waals surface area contributed by atoms with E-state index >= 15 is 0 Å². The minimum atomic E-state index is -0.442. The van der Waals surface area contributed by atoms with Crippen molar-refractivity contribution < 1.29 is 34.0 Å². The fourth-order valence-corrected chi connectivity index (χ4v) is 5.16. The highest BCUT2D eigenvalue weighted by Gasteiger charge is 2.33. The summed E-state index contributed by atoms with van der Waals surface area (Å²) < 4.78 is 22.0. The average Bonchev–Trinajstić information content (AvgIpc) is 3.43. The fraction of sp³-hybridized carbons (Fsp3) is 0.893. The van der Waals surface area contributed by atoms with Gasteiger partial charge in [-0.05, 0) is 45.1 Å². The Hall–Kier alpha value is -1.23. The van der Waals surface area contributed by atoms with Gasteiger partial charge in [-0.1, -0.05) is 19.1 Å². The van der Waals surface area contributed by atoms with Crippen LogP contribution >= 0.6 is 0 Å². The lowest BCUT2D eigenvalue weighted by molar-refractivity contribution is -0.175. The molecule has 41 heavy (non-hydrogen) atoms. The van der Waals surface area contributed by atoms with Gasteiger partial charge < -0.3 is 63.1 Å². The summed E-state index contributed by atoms with van der Waals surface area (Å²) in [7, 11) is 0. The molecule has 8 unspecified atom stereocenters. The van der Waals surface area contributed by atoms with Crippen molar-refractivity contribution in [2.75, 3.05) is 39.5 Å². The lowest BCUT2D eigenvalue weighted by atomic mass is 9.88. The molecule has 0 spiro atoms. The number of nitrogens with one attached hydrogen (secondary N) is 1. The van der Waals surface area contributed by atoms with Gasteiger partial charge in [0, 0.05) is 43.9 Å². The molecule has 10 atom stereocenters. The van der Waals surface area contributed by atoms with Crippen LogP contribution in [0.15, 0.2) is 12.2 Å². The number of hydrogen-bond donors (Lipinski definition) is 8. The van der Waals surface area contributed by atoms with Crippen LogP contribution in [0.4, 0.5) is 0 Å². The predicted molar refractivity (Wildman–Crippen MR) is 156 cm³/mol. The smallest absolute Gasteiger partial charge is 0.223 e. The lowest BCUT2D eigenvalue weighted by Crippen LogP contribution is -2.49. The average molecular weight is 589 g/mol. The molecule has 13 heteroatoms. The molecule has 3 aliphatic heterocycles. The summed E-state index contributed by atoms with van der Waals surface area (Å²) in [5.41, 5.74) is 27.8. The minimum Gasteiger partial charge on any atom is -0.394 e. The van der Waals surface area contributed by atoms with Gasteiger partial charge in [0.05, 0.1) is 56.4 Å². The number of nitrogens with two attached hydrogens (primary N) is 5. The number of ether oxygens (including phenoxy) is 4. The van der Waals surface area contributed by atoms with E-state index in [1.165, 1.54) is 0 Å². The molecule has 0 radical (unpaired) electrons. The van der Waals surface area contributed by atoms with Crippen LogP contribution in [-0.4, -0.2) is 111 Å². The number of amides is 1. The third-order valence-electron chi connectivity index (χ3n) is 7.70. The maximum Gasteiger partial charge on any atom is 0.223 e. The highest BCUT2D eigenvalue weighted by Crippen LogP contribution is 2.27. The molecule has 1 saturated carbocycles. The van der Waals surface area contributed by atoms with E-state index in [4.69, 9.17) is 52.7 Å². The molecule has 0 aromatic carbocycles. The van der Waals surface area contributed by atoms with E-state index < -0.39 is 6.10 Å². The number of aliphatic hydroxyl groups is 2. The third-order valence-corrected chi connectivity index (χ3v) is 7.70. The van der Waals surface area contributed by atoms with Gasteiger partial charge in [-0.15, -0.1) is 0 Å². The number of hydrogen-bond acceptors (Lipinski definition) is 12. The van der Waals surface area contributed by atoms with Crippen molar-refractivity contribution in [2.45, 2.75) is 113 Å². The van der Waals surface area contributed by atoms with Gasteiger partial charge in [-0.3, -0.25) is 4.79 Å². The van der Waals surface area contributed by atoms with Gasteiger partial charge in [-0.2, -0.15) is 0 Å². The normalized spacial score (nSPS) is 35.9. The first-order valence-corrected chi connectivity index (χ1v) is 15.1. The molecule has 3 heterocycles. The summed E-state index contributed by atoms with van der Waals surface area (Å²) in [6.07, 6.45) is 9.65. The molecule has 1 amide bonds. The third kappa shape index (κ3) is 13.7. The van der Waals surface area contributed by atoms with Crippen molar-refractivity contribution in [3.8, 4) is 0 Å². The maximum atomic E-state index is 12.1. The Bertz CT molecular complexity index is 751. The second-order valence-corrected chi connectivity index (χ2v) is 11.4. The minimum absolute atomic E-state index is 0.00481. The summed E-state index contributed by atoms with van der Waals surface area (Å²) in [4.78, 5) is 12.1. The number of carbonyl (C=O) groups excluding carboxylic acids is 1. The molecule has 3 fully saturated rings. The van der Waals surface area contributed by atoms with E-state index in [1.54, 1.807) is 0 Å². The summed E-state index contributed by atoms with van der Waals surface area (Å²) >= 11 is 0. The van der Waals surface area contributed by atoms with Crippen molar-refractivity contribution in [3.63, 3.8) is 0 Å². The van der Waals surface area contributed by atoms with Gasteiger partial charge in [-0.25, -0.2) is 0 Å². The highest BCUT2D eigenvalue weighted by atomic mass is 16.7. The van der Waals surface area contributed by atoms with E-state index in [-0.39, 0.29) is 67.3 Å². The predicted octanol–water partition coefficient (Wildman–Crippen LogP) is -1.44.